The second-order valence-corrected chi connectivity index (χ2v) is 5.68. The van der Waals surface area contributed by atoms with Crippen LogP contribution >= 0.6 is 15.9 Å². The number of hydrogen-bond acceptors (Lipinski definition) is 1. The van der Waals surface area contributed by atoms with Gasteiger partial charge in [-0.2, -0.15) is 0 Å². The first-order valence-electron chi connectivity index (χ1n) is 6.22. The fourth-order valence-electron chi connectivity index (χ4n) is 2.53. The first kappa shape index (κ1) is 11.7. The first-order chi connectivity index (χ1) is 8.74. The molecule has 0 bridgehead atoms. The van der Waals surface area contributed by atoms with E-state index in [4.69, 9.17) is 0 Å². The number of rotatable bonds is 1. The van der Waals surface area contributed by atoms with Crippen LogP contribution in [-0.2, 0) is 4.79 Å². The zero-order chi connectivity index (χ0) is 12.5. The Morgan fingerprint density at radius 2 is 2.22 bits per heavy atom. The summed E-state index contributed by atoms with van der Waals surface area (Å²) >= 11 is 3.46. The first-order valence-corrected chi connectivity index (χ1v) is 7.01. The molecule has 1 aromatic rings. The van der Waals surface area contributed by atoms with Crippen molar-refractivity contribution in [2.75, 3.05) is 5.32 Å². The third-order valence-electron chi connectivity index (χ3n) is 3.48. The number of benzene rings is 1. The van der Waals surface area contributed by atoms with Crippen LogP contribution in [0.1, 0.15) is 24.8 Å². The predicted molar refractivity (Wildman–Crippen MR) is 77.2 cm³/mol. The van der Waals surface area contributed by atoms with Gasteiger partial charge < -0.3 is 5.32 Å². The largest absolute Gasteiger partial charge is 0.321 e. The predicted octanol–water partition coefficient (Wildman–Crippen LogP) is 4.14. The number of halogens is 1. The van der Waals surface area contributed by atoms with Gasteiger partial charge in [-0.25, -0.2) is 0 Å². The number of amides is 1. The lowest BCUT2D eigenvalue weighted by atomic mass is 9.91. The van der Waals surface area contributed by atoms with Crippen molar-refractivity contribution in [1.29, 1.82) is 0 Å². The average Bonchev–Trinajstić information content (AvgIpc) is 2.67. The highest BCUT2D eigenvalue weighted by atomic mass is 79.9. The molecule has 92 valence electrons. The molecule has 18 heavy (non-hydrogen) atoms. The normalized spacial score (nSPS) is 24.2. The number of anilines is 1. The molecule has 1 aromatic carbocycles. The molecular formula is C15H14BrNO. The van der Waals surface area contributed by atoms with E-state index >= 15 is 0 Å². The van der Waals surface area contributed by atoms with Crippen LogP contribution in [0.25, 0.3) is 5.57 Å². The number of carbonyl (C=O) groups is 1. The minimum Gasteiger partial charge on any atom is -0.321 e. The minimum absolute atomic E-state index is 0.0256. The van der Waals surface area contributed by atoms with Crippen LogP contribution in [0.2, 0.25) is 0 Å². The molecule has 1 heterocycles. The molecular weight excluding hydrogens is 290 g/mol. The van der Waals surface area contributed by atoms with E-state index in [1.54, 1.807) is 0 Å². The van der Waals surface area contributed by atoms with Crippen molar-refractivity contribution >= 4 is 33.1 Å². The van der Waals surface area contributed by atoms with E-state index in [0.29, 0.717) is 5.92 Å². The summed E-state index contributed by atoms with van der Waals surface area (Å²) in [5.74, 6) is 0.512. The molecule has 0 radical (unpaired) electrons. The molecule has 0 fully saturated rings. The number of carbonyl (C=O) groups excluding carboxylic acids is 1. The molecule has 3 heteroatoms. The maximum Gasteiger partial charge on any atom is 0.256 e. The van der Waals surface area contributed by atoms with Crippen LogP contribution in [0.3, 0.4) is 0 Å². The van der Waals surface area contributed by atoms with E-state index in [2.05, 4.69) is 39.5 Å². The van der Waals surface area contributed by atoms with E-state index in [1.807, 2.05) is 18.2 Å². The molecule has 0 saturated heterocycles. The molecule has 0 saturated carbocycles. The SMILES string of the molecule is O=C1Nc2ccc(Br)cc2/C1=C/[C@H]1CC=CCC1. The molecule has 3 rings (SSSR count). The summed E-state index contributed by atoms with van der Waals surface area (Å²) in [7, 11) is 0. The third kappa shape index (κ3) is 2.15. The standard InChI is InChI=1S/C15H14BrNO/c16-11-6-7-14-12(9-11)13(15(18)17-14)8-10-4-2-1-3-5-10/h1-2,6-10H,3-5H2,(H,17,18)/b13-8-/t10-/m0/s1. The lowest BCUT2D eigenvalue weighted by Gasteiger charge is -2.14. The van der Waals surface area contributed by atoms with Crippen LogP contribution < -0.4 is 5.32 Å². The molecule has 0 spiro atoms. The molecule has 0 aromatic heterocycles. The molecule has 2 aliphatic rings. The van der Waals surface area contributed by atoms with Gasteiger partial charge in [0, 0.05) is 21.3 Å². The zero-order valence-corrected chi connectivity index (χ0v) is 11.5. The van der Waals surface area contributed by atoms with E-state index in [9.17, 15) is 4.79 Å². The third-order valence-corrected chi connectivity index (χ3v) is 3.97. The van der Waals surface area contributed by atoms with Crippen LogP contribution in [0.4, 0.5) is 5.69 Å². The fraction of sp³-hybridized carbons (Fsp3) is 0.267. The highest BCUT2D eigenvalue weighted by Gasteiger charge is 2.25. The van der Waals surface area contributed by atoms with Gasteiger partial charge in [-0.05, 0) is 43.4 Å². The van der Waals surface area contributed by atoms with Gasteiger partial charge in [-0.1, -0.05) is 34.2 Å². The number of nitrogens with one attached hydrogen (secondary N) is 1. The van der Waals surface area contributed by atoms with Gasteiger partial charge in [0.15, 0.2) is 0 Å². The van der Waals surface area contributed by atoms with Crippen LogP contribution in [-0.4, -0.2) is 5.91 Å². The minimum atomic E-state index is 0.0256. The quantitative estimate of drug-likeness (QED) is 0.613. The summed E-state index contributed by atoms with van der Waals surface area (Å²) in [6.45, 7) is 0. The van der Waals surface area contributed by atoms with Crippen molar-refractivity contribution in [3.63, 3.8) is 0 Å². The maximum atomic E-state index is 12.0. The van der Waals surface area contributed by atoms with E-state index in [0.717, 1.165) is 40.6 Å². The van der Waals surface area contributed by atoms with Gasteiger partial charge in [0.05, 0.1) is 0 Å². The molecule has 0 unspecified atom stereocenters. The summed E-state index contributed by atoms with van der Waals surface area (Å²) in [5, 5.41) is 2.92. The Kier molecular flexibility index (Phi) is 3.08. The second kappa shape index (κ2) is 4.73. The molecule has 2 nitrogen and oxygen atoms in total. The van der Waals surface area contributed by atoms with Crippen LogP contribution in [0.15, 0.2) is 40.9 Å². The molecule has 1 aliphatic carbocycles. The molecule has 1 aliphatic heterocycles. The van der Waals surface area contributed by atoms with Crippen molar-refractivity contribution < 1.29 is 4.79 Å². The van der Waals surface area contributed by atoms with Crippen LogP contribution in [0.5, 0.6) is 0 Å². The zero-order valence-electron chi connectivity index (χ0n) is 9.95. The summed E-state index contributed by atoms with van der Waals surface area (Å²) < 4.78 is 1.01. The van der Waals surface area contributed by atoms with Gasteiger partial charge in [0.1, 0.15) is 0 Å². The smallest absolute Gasteiger partial charge is 0.256 e. The van der Waals surface area contributed by atoms with Crippen molar-refractivity contribution in [1.82, 2.24) is 0 Å². The van der Waals surface area contributed by atoms with Crippen molar-refractivity contribution in [3.05, 3.63) is 46.5 Å². The van der Waals surface area contributed by atoms with E-state index < -0.39 is 0 Å². The van der Waals surface area contributed by atoms with Crippen molar-refractivity contribution in [3.8, 4) is 0 Å². The van der Waals surface area contributed by atoms with Gasteiger partial charge in [-0.15, -0.1) is 0 Å². The van der Waals surface area contributed by atoms with Gasteiger partial charge in [0.2, 0.25) is 0 Å². The summed E-state index contributed by atoms with van der Waals surface area (Å²) in [6.07, 6.45) is 9.85. The Hall–Kier alpha value is -1.35. The molecule has 1 N–H and O–H groups in total. The maximum absolute atomic E-state index is 12.0. The fourth-order valence-corrected chi connectivity index (χ4v) is 2.89. The van der Waals surface area contributed by atoms with E-state index in [1.165, 1.54) is 0 Å². The lowest BCUT2D eigenvalue weighted by molar-refractivity contribution is -0.110. The topological polar surface area (TPSA) is 29.1 Å². The van der Waals surface area contributed by atoms with Gasteiger partial charge >= 0.3 is 0 Å². The van der Waals surface area contributed by atoms with Gasteiger partial charge in [0.25, 0.3) is 5.91 Å². The molecule has 1 atom stereocenters. The van der Waals surface area contributed by atoms with Crippen molar-refractivity contribution in [2.24, 2.45) is 5.92 Å². The van der Waals surface area contributed by atoms with Crippen molar-refractivity contribution in [2.45, 2.75) is 19.3 Å². The Morgan fingerprint density at radius 3 is 3.00 bits per heavy atom. The summed E-state index contributed by atoms with van der Waals surface area (Å²) in [5.41, 5.74) is 2.76. The Labute approximate surface area is 115 Å². The number of fused-ring (bicyclic) bond motifs is 1. The molecule has 1 amide bonds. The highest BCUT2D eigenvalue weighted by molar-refractivity contribution is 9.10. The highest BCUT2D eigenvalue weighted by Crippen LogP contribution is 2.35. The van der Waals surface area contributed by atoms with Crippen LogP contribution in [0, 0.1) is 5.92 Å². The Bertz CT molecular complexity index is 560. The Morgan fingerprint density at radius 1 is 1.33 bits per heavy atom. The summed E-state index contributed by atoms with van der Waals surface area (Å²) in [6, 6.07) is 5.90. The monoisotopic (exact) mass is 303 g/mol. The summed E-state index contributed by atoms with van der Waals surface area (Å²) in [4.78, 5) is 12.0. The van der Waals surface area contributed by atoms with Gasteiger partial charge in [-0.3, -0.25) is 4.79 Å². The number of allylic oxidation sites excluding steroid dienone is 3. The second-order valence-electron chi connectivity index (χ2n) is 4.77. The average molecular weight is 304 g/mol. The Balaban J connectivity index is 1.97. The number of hydrogen-bond donors (Lipinski definition) is 1. The van der Waals surface area contributed by atoms with E-state index in [-0.39, 0.29) is 5.91 Å². The lowest BCUT2D eigenvalue weighted by Crippen LogP contribution is -2.06.